The third kappa shape index (κ3) is 5.24. The van der Waals surface area contributed by atoms with Crippen molar-refractivity contribution in [3.63, 3.8) is 0 Å². The van der Waals surface area contributed by atoms with Gasteiger partial charge in [-0.1, -0.05) is 18.2 Å². The Morgan fingerprint density at radius 3 is 2.61 bits per heavy atom. The monoisotopic (exact) mass is 415 g/mol. The SMILES string of the molecule is C[C@@H](OC(=O)Cc1csc(-c2ccsc2)n1)C(=O)NNC(=O)c1ccccc1. The lowest BCUT2D eigenvalue weighted by atomic mass is 10.2. The van der Waals surface area contributed by atoms with E-state index < -0.39 is 23.9 Å². The lowest BCUT2D eigenvalue weighted by Crippen LogP contribution is -2.46. The fraction of sp³-hybridized carbons (Fsp3) is 0.158. The molecule has 0 aliphatic rings. The Kier molecular flexibility index (Phi) is 6.51. The van der Waals surface area contributed by atoms with E-state index in [1.807, 2.05) is 16.8 Å². The molecule has 2 amide bonds. The highest BCUT2D eigenvalue weighted by Crippen LogP contribution is 2.25. The van der Waals surface area contributed by atoms with Crippen LogP contribution in [0.4, 0.5) is 0 Å². The molecule has 3 aromatic rings. The Labute approximate surface area is 169 Å². The number of benzene rings is 1. The van der Waals surface area contributed by atoms with Crippen LogP contribution in [0.3, 0.4) is 0 Å². The zero-order chi connectivity index (χ0) is 19.9. The van der Waals surface area contributed by atoms with Crippen molar-refractivity contribution in [3.8, 4) is 10.6 Å². The van der Waals surface area contributed by atoms with Crippen LogP contribution in [0.5, 0.6) is 0 Å². The minimum atomic E-state index is -1.06. The molecular formula is C19H17N3O4S2. The predicted octanol–water partition coefficient (Wildman–Crippen LogP) is 2.81. The molecule has 0 saturated carbocycles. The molecule has 0 spiro atoms. The van der Waals surface area contributed by atoms with Crippen molar-refractivity contribution in [1.29, 1.82) is 0 Å². The molecular weight excluding hydrogens is 398 g/mol. The lowest BCUT2D eigenvalue weighted by Gasteiger charge is -2.13. The number of ether oxygens (including phenoxy) is 1. The van der Waals surface area contributed by atoms with Crippen LogP contribution in [0.2, 0.25) is 0 Å². The molecule has 0 saturated heterocycles. The van der Waals surface area contributed by atoms with Crippen LogP contribution in [-0.4, -0.2) is 28.9 Å². The van der Waals surface area contributed by atoms with Gasteiger partial charge in [0, 0.05) is 21.9 Å². The molecule has 3 rings (SSSR count). The van der Waals surface area contributed by atoms with E-state index in [0.717, 1.165) is 10.6 Å². The van der Waals surface area contributed by atoms with Crippen LogP contribution < -0.4 is 10.9 Å². The van der Waals surface area contributed by atoms with Gasteiger partial charge >= 0.3 is 5.97 Å². The van der Waals surface area contributed by atoms with Gasteiger partial charge in [-0.25, -0.2) is 4.98 Å². The Balaban J connectivity index is 1.46. The van der Waals surface area contributed by atoms with Gasteiger partial charge in [-0.15, -0.1) is 11.3 Å². The summed E-state index contributed by atoms with van der Waals surface area (Å²) in [6, 6.07) is 10.4. The molecule has 2 aromatic heterocycles. The third-order valence-corrected chi connectivity index (χ3v) is 5.28. The normalized spacial score (nSPS) is 11.5. The molecule has 144 valence electrons. The Bertz CT molecular complexity index is 955. The summed E-state index contributed by atoms with van der Waals surface area (Å²) in [6.07, 6.45) is -1.09. The van der Waals surface area contributed by atoms with E-state index in [9.17, 15) is 14.4 Å². The van der Waals surface area contributed by atoms with Crippen LogP contribution in [0, 0.1) is 0 Å². The van der Waals surface area contributed by atoms with Gasteiger partial charge in [0.1, 0.15) is 5.01 Å². The van der Waals surface area contributed by atoms with Crippen LogP contribution in [0.1, 0.15) is 23.0 Å². The first-order valence-corrected chi connectivity index (χ1v) is 10.2. The zero-order valence-electron chi connectivity index (χ0n) is 14.9. The quantitative estimate of drug-likeness (QED) is 0.477. The summed E-state index contributed by atoms with van der Waals surface area (Å²) in [4.78, 5) is 40.4. The first kappa shape index (κ1) is 19.7. The highest BCUT2D eigenvalue weighted by Gasteiger charge is 2.19. The number of carbonyl (C=O) groups excluding carboxylic acids is 3. The Morgan fingerprint density at radius 1 is 1.11 bits per heavy atom. The summed E-state index contributed by atoms with van der Waals surface area (Å²) in [5, 5.41) is 6.57. The molecule has 1 atom stereocenters. The van der Waals surface area contributed by atoms with Crippen molar-refractivity contribution in [2.45, 2.75) is 19.4 Å². The molecule has 9 heteroatoms. The fourth-order valence-corrected chi connectivity index (χ4v) is 3.76. The van der Waals surface area contributed by atoms with E-state index in [-0.39, 0.29) is 6.42 Å². The zero-order valence-corrected chi connectivity index (χ0v) is 16.5. The number of thiazole rings is 1. The largest absolute Gasteiger partial charge is 0.452 e. The molecule has 0 aliphatic carbocycles. The van der Waals surface area contributed by atoms with Crippen LogP contribution >= 0.6 is 22.7 Å². The van der Waals surface area contributed by atoms with Crippen molar-refractivity contribution in [3.05, 3.63) is 63.8 Å². The third-order valence-electron chi connectivity index (χ3n) is 3.66. The number of carbonyl (C=O) groups is 3. The molecule has 0 fully saturated rings. The van der Waals surface area contributed by atoms with Gasteiger partial charge in [-0.05, 0) is 30.5 Å². The van der Waals surface area contributed by atoms with Crippen molar-refractivity contribution in [2.75, 3.05) is 0 Å². The maximum atomic E-state index is 12.1. The number of aromatic nitrogens is 1. The topological polar surface area (TPSA) is 97.4 Å². The van der Waals surface area contributed by atoms with Crippen LogP contribution in [-0.2, 0) is 20.7 Å². The number of thiophene rings is 1. The molecule has 28 heavy (non-hydrogen) atoms. The molecule has 7 nitrogen and oxygen atoms in total. The first-order valence-electron chi connectivity index (χ1n) is 8.34. The predicted molar refractivity (Wildman–Crippen MR) is 107 cm³/mol. The van der Waals surface area contributed by atoms with E-state index in [4.69, 9.17) is 4.74 Å². The highest BCUT2D eigenvalue weighted by molar-refractivity contribution is 7.14. The maximum absolute atomic E-state index is 12.1. The van der Waals surface area contributed by atoms with Crippen molar-refractivity contribution < 1.29 is 19.1 Å². The second-order valence-corrected chi connectivity index (χ2v) is 7.41. The standard InChI is InChI=1S/C19H17N3O4S2/c1-12(17(24)21-22-18(25)13-5-3-2-4-6-13)26-16(23)9-15-11-28-19(20-15)14-7-8-27-10-14/h2-8,10-12H,9H2,1H3,(H,21,24)(H,22,25)/t12-/m1/s1. The van der Waals surface area contributed by atoms with E-state index >= 15 is 0 Å². The number of hydrogen-bond donors (Lipinski definition) is 2. The average Bonchev–Trinajstić information content (AvgIpc) is 3.38. The molecule has 2 heterocycles. The number of hydrogen-bond acceptors (Lipinski definition) is 7. The van der Waals surface area contributed by atoms with Gasteiger partial charge in [0.15, 0.2) is 6.10 Å². The molecule has 0 bridgehead atoms. The average molecular weight is 415 g/mol. The fourth-order valence-electron chi connectivity index (χ4n) is 2.23. The minimum absolute atomic E-state index is 0.0331. The van der Waals surface area contributed by atoms with E-state index in [2.05, 4.69) is 15.8 Å². The summed E-state index contributed by atoms with van der Waals surface area (Å²) < 4.78 is 5.12. The molecule has 0 radical (unpaired) electrons. The number of rotatable bonds is 6. The lowest BCUT2D eigenvalue weighted by molar-refractivity contribution is -0.154. The van der Waals surface area contributed by atoms with Gasteiger partial charge in [0.2, 0.25) is 0 Å². The summed E-state index contributed by atoms with van der Waals surface area (Å²) in [5.41, 5.74) is 6.52. The maximum Gasteiger partial charge on any atom is 0.312 e. The number of nitrogens with one attached hydrogen (secondary N) is 2. The first-order chi connectivity index (χ1) is 13.5. The summed E-state index contributed by atoms with van der Waals surface area (Å²) in [6.45, 7) is 1.43. The number of amides is 2. The van der Waals surface area contributed by atoms with E-state index in [0.29, 0.717) is 11.3 Å². The molecule has 1 aromatic carbocycles. The Morgan fingerprint density at radius 2 is 1.89 bits per heavy atom. The second kappa shape index (κ2) is 9.25. The second-order valence-electron chi connectivity index (χ2n) is 5.77. The highest BCUT2D eigenvalue weighted by atomic mass is 32.1. The van der Waals surface area contributed by atoms with Gasteiger partial charge < -0.3 is 4.74 Å². The summed E-state index contributed by atoms with van der Waals surface area (Å²) in [7, 11) is 0. The van der Waals surface area contributed by atoms with Crippen molar-refractivity contribution >= 4 is 40.5 Å². The van der Waals surface area contributed by atoms with E-state index in [1.54, 1.807) is 47.0 Å². The van der Waals surface area contributed by atoms with Gasteiger partial charge in [0.25, 0.3) is 11.8 Å². The smallest absolute Gasteiger partial charge is 0.312 e. The Hall–Kier alpha value is -3.04. The minimum Gasteiger partial charge on any atom is -0.452 e. The van der Waals surface area contributed by atoms with Gasteiger partial charge in [-0.2, -0.15) is 11.3 Å². The number of esters is 1. The van der Waals surface area contributed by atoms with Crippen LogP contribution in [0.15, 0.2) is 52.5 Å². The summed E-state index contributed by atoms with van der Waals surface area (Å²) in [5.74, 6) is -1.66. The number of hydrazine groups is 1. The molecule has 2 N–H and O–H groups in total. The van der Waals surface area contributed by atoms with Gasteiger partial charge in [0.05, 0.1) is 12.1 Å². The number of nitrogens with zero attached hydrogens (tertiary/aromatic N) is 1. The van der Waals surface area contributed by atoms with Crippen molar-refractivity contribution in [1.82, 2.24) is 15.8 Å². The van der Waals surface area contributed by atoms with E-state index in [1.165, 1.54) is 18.3 Å². The van der Waals surface area contributed by atoms with Gasteiger partial charge in [-0.3, -0.25) is 25.2 Å². The van der Waals surface area contributed by atoms with Crippen molar-refractivity contribution in [2.24, 2.45) is 0 Å². The molecule has 0 aliphatic heterocycles. The summed E-state index contributed by atoms with van der Waals surface area (Å²) >= 11 is 3.02. The molecule has 0 unspecified atom stereocenters. The van der Waals surface area contributed by atoms with Crippen LogP contribution in [0.25, 0.3) is 10.6 Å².